The maximum Gasteiger partial charge on any atom is 0.387 e. The molecule has 2 aliphatic rings. The Kier molecular flexibility index (Phi) is 7.01. The van der Waals surface area contributed by atoms with E-state index >= 15 is 0 Å². The first-order chi connectivity index (χ1) is 17.8. The molecule has 1 fully saturated rings. The Morgan fingerprint density at radius 1 is 1.16 bits per heavy atom. The maximum absolute atomic E-state index is 13.2. The minimum Gasteiger partial charge on any atom is -0.433 e. The number of pyridine rings is 1. The van der Waals surface area contributed by atoms with Crippen LogP contribution >= 0.6 is 0 Å². The smallest absolute Gasteiger partial charge is 0.387 e. The van der Waals surface area contributed by atoms with E-state index in [4.69, 9.17) is 9.47 Å². The van der Waals surface area contributed by atoms with Crippen LogP contribution in [0.4, 0.5) is 20.4 Å². The van der Waals surface area contributed by atoms with Crippen molar-refractivity contribution in [2.75, 3.05) is 18.5 Å². The molecular formula is C27H29F2N5O3. The van der Waals surface area contributed by atoms with Gasteiger partial charge in [-0.2, -0.15) is 8.78 Å². The number of amides is 1. The van der Waals surface area contributed by atoms with E-state index in [2.05, 4.69) is 45.5 Å². The summed E-state index contributed by atoms with van der Waals surface area (Å²) in [4.78, 5) is 26.1. The normalized spacial score (nSPS) is 16.9. The predicted molar refractivity (Wildman–Crippen MR) is 134 cm³/mol. The third kappa shape index (κ3) is 5.69. The molecular weight excluding hydrogens is 480 g/mol. The number of carbonyl (C=O) groups is 1. The summed E-state index contributed by atoms with van der Waals surface area (Å²) in [5.74, 6) is -0.330. The Bertz CT molecular complexity index is 1290. The number of halogens is 2. The van der Waals surface area contributed by atoms with Gasteiger partial charge in [0.1, 0.15) is 5.75 Å². The summed E-state index contributed by atoms with van der Waals surface area (Å²) in [6, 6.07) is 8.21. The zero-order chi connectivity index (χ0) is 26.0. The number of nitrogens with zero attached hydrogens (tertiary/aromatic N) is 3. The van der Waals surface area contributed by atoms with Crippen molar-refractivity contribution in [2.24, 2.45) is 0 Å². The zero-order valence-electron chi connectivity index (χ0n) is 20.8. The molecule has 3 aromatic rings. The van der Waals surface area contributed by atoms with Gasteiger partial charge in [-0.05, 0) is 67.0 Å². The lowest BCUT2D eigenvalue weighted by Crippen LogP contribution is -2.38. The highest BCUT2D eigenvalue weighted by Gasteiger charge is 2.31. The number of fused-ring (bicyclic) bond motifs is 1. The molecule has 0 atom stereocenters. The van der Waals surface area contributed by atoms with Crippen molar-refractivity contribution in [3.05, 3.63) is 59.5 Å². The van der Waals surface area contributed by atoms with Gasteiger partial charge in [0.25, 0.3) is 5.91 Å². The van der Waals surface area contributed by atoms with E-state index in [0.717, 1.165) is 24.1 Å². The van der Waals surface area contributed by atoms with Crippen molar-refractivity contribution in [1.82, 2.24) is 20.3 Å². The lowest BCUT2D eigenvalue weighted by molar-refractivity contribution is -0.0494. The van der Waals surface area contributed by atoms with Crippen LogP contribution in [-0.2, 0) is 16.6 Å². The molecule has 37 heavy (non-hydrogen) atoms. The summed E-state index contributed by atoms with van der Waals surface area (Å²) in [7, 11) is 0. The van der Waals surface area contributed by atoms with Crippen LogP contribution in [-0.4, -0.2) is 46.7 Å². The molecule has 10 heteroatoms. The summed E-state index contributed by atoms with van der Waals surface area (Å²) in [6.07, 6.45) is 6.80. The lowest BCUT2D eigenvalue weighted by Gasteiger charge is -2.23. The van der Waals surface area contributed by atoms with Crippen molar-refractivity contribution in [3.8, 4) is 17.0 Å². The van der Waals surface area contributed by atoms with Crippen LogP contribution in [0, 0.1) is 0 Å². The molecule has 0 bridgehead atoms. The van der Waals surface area contributed by atoms with Crippen molar-refractivity contribution in [1.29, 1.82) is 0 Å². The summed E-state index contributed by atoms with van der Waals surface area (Å²) < 4.78 is 36.4. The summed E-state index contributed by atoms with van der Waals surface area (Å²) in [5, 5.41) is 5.88. The third-order valence-corrected chi connectivity index (χ3v) is 6.90. The number of rotatable bonds is 7. The molecule has 3 heterocycles. The fourth-order valence-electron chi connectivity index (χ4n) is 4.76. The van der Waals surface area contributed by atoms with Crippen LogP contribution in [0.5, 0.6) is 5.75 Å². The van der Waals surface area contributed by atoms with Gasteiger partial charge >= 0.3 is 6.61 Å². The van der Waals surface area contributed by atoms with E-state index < -0.39 is 6.61 Å². The lowest BCUT2D eigenvalue weighted by atomic mass is 9.86. The molecule has 194 valence electrons. The Morgan fingerprint density at radius 3 is 2.76 bits per heavy atom. The number of ether oxygens (including phenoxy) is 2. The summed E-state index contributed by atoms with van der Waals surface area (Å²) in [6.45, 7) is 2.49. The Morgan fingerprint density at radius 2 is 1.97 bits per heavy atom. The molecule has 1 aliphatic carbocycles. The number of carbonyl (C=O) groups excluding carboxylic acids is 1. The molecule has 5 rings (SSSR count). The number of aryl methyl sites for hydroxylation is 1. The number of anilines is 2. The first-order valence-electron chi connectivity index (χ1n) is 12.4. The number of benzene rings is 1. The second-order valence-corrected chi connectivity index (χ2v) is 9.94. The highest BCUT2D eigenvalue weighted by Crippen LogP contribution is 2.39. The van der Waals surface area contributed by atoms with E-state index in [1.54, 1.807) is 24.5 Å². The van der Waals surface area contributed by atoms with Gasteiger partial charge in [-0.15, -0.1) is 0 Å². The highest BCUT2D eigenvalue weighted by atomic mass is 19.3. The molecule has 0 unspecified atom stereocenters. The average molecular weight is 510 g/mol. The Balaban J connectivity index is 1.37. The second-order valence-electron chi connectivity index (χ2n) is 9.94. The Labute approximate surface area is 213 Å². The van der Waals surface area contributed by atoms with Crippen LogP contribution < -0.4 is 15.4 Å². The number of aromatic nitrogens is 3. The third-order valence-electron chi connectivity index (χ3n) is 6.90. The summed E-state index contributed by atoms with van der Waals surface area (Å²) in [5.41, 5.74) is 4.30. The zero-order valence-corrected chi connectivity index (χ0v) is 20.8. The fraction of sp³-hybridized carbons (Fsp3) is 0.407. The van der Waals surface area contributed by atoms with E-state index in [1.165, 1.54) is 17.7 Å². The minimum atomic E-state index is -3.07. The molecule has 8 nitrogen and oxygen atoms in total. The van der Waals surface area contributed by atoms with Crippen LogP contribution in [0.3, 0.4) is 0 Å². The van der Waals surface area contributed by atoms with Crippen molar-refractivity contribution in [3.63, 3.8) is 0 Å². The van der Waals surface area contributed by atoms with E-state index in [1.807, 2.05) is 0 Å². The Hall–Kier alpha value is -3.66. The molecule has 1 aromatic carbocycles. The standard InChI is InChI=1S/C27H29F2N5O3/c1-27(2)9-5-21-19(27)13-17(15-31-21)20-6-10-30-26(33-20)34-22-4-3-16(14-23(22)37-25(28)29)24(35)32-18-7-11-36-12-8-18/h3-4,6,10,13-15,18,25H,5,7-9,11-12H2,1-2H3,(H,32,35)(H,30,33,34). The van der Waals surface area contributed by atoms with Gasteiger partial charge in [0.15, 0.2) is 0 Å². The van der Waals surface area contributed by atoms with Gasteiger partial charge < -0.3 is 20.1 Å². The monoisotopic (exact) mass is 509 g/mol. The average Bonchev–Trinajstić information content (AvgIpc) is 3.19. The van der Waals surface area contributed by atoms with Gasteiger partial charge in [0.05, 0.1) is 11.4 Å². The maximum atomic E-state index is 13.2. The molecule has 2 aromatic heterocycles. The first kappa shape index (κ1) is 25.0. The second kappa shape index (κ2) is 10.4. The molecule has 1 saturated heterocycles. The van der Waals surface area contributed by atoms with Gasteiger partial charge in [0.2, 0.25) is 5.95 Å². The molecule has 0 spiro atoms. The summed E-state index contributed by atoms with van der Waals surface area (Å²) >= 11 is 0. The number of nitrogens with one attached hydrogen (secondary N) is 2. The molecule has 1 aliphatic heterocycles. The minimum absolute atomic E-state index is 0.0195. The predicted octanol–water partition coefficient (Wildman–Crippen LogP) is 5.02. The van der Waals surface area contributed by atoms with Crippen LogP contribution in [0.15, 0.2) is 42.7 Å². The number of hydrogen-bond donors (Lipinski definition) is 2. The van der Waals surface area contributed by atoms with Gasteiger partial charge in [-0.1, -0.05) is 13.8 Å². The van der Waals surface area contributed by atoms with Crippen molar-refractivity contribution >= 4 is 17.5 Å². The quantitative estimate of drug-likeness (QED) is 0.462. The number of hydrogen-bond acceptors (Lipinski definition) is 7. The highest BCUT2D eigenvalue weighted by molar-refractivity contribution is 5.95. The fourth-order valence-corrected chi connectivity index (χ4v) is 4.76. The van der Waals surface area contributed by atoms with Crippen LogP contribution in [0.25, 0.3) is 11.3 Å². The van der Waals surface area contributed by atoms with Crippen LogP contribution in [0.2, 0.25) is 0 Å². The largest absolute Gasteiger partial charge is 0.433 e. The van der Waals surface area contributed by atoms with Crippen LogP contribution in [0.1, 0.15) is 54.7 Å². The van der Waals surface area contributed by atoms with Gasteiger partial charge in [-0.3, -0.25) is 9.78 Å². The molecule has 0 radical (unpaired) electrons. The molecule has 2 N–H and O–H groups in total. The number of alkyl halides is 2. The van der Waals surface area contributed by atoms with Gasteiger partial charge in [0, 0.05) is 48.5 Å². The molecule has 1 amide bonds. The van der Waals surface area contributed by atoms with Gasteiger partial charge in [-0.25, -0.2) is 9.97 Å². The van der Waals surface area contributed by atoms with Crippen molar-refractivity contribution in [2.45, 2.75) is 57.6 Å². The topological polar surface area (TPSA) is 98.3 Å². The van der Waals surface area contributed by atoms with E-state index in [-0.39, 0.29) is 40.3 Å². The molecule has 0 saturated carbocycles. The first-order valence-corrected chi connectivity index (χ1v) is 12.4. The van der Waals surface area contributed by atoms with Crippen molar-refractivity contribution < 1.29 is 23.0 Å². The van der Waals surface area contributed by atoms with E-state index in [9.17, 15) is 13.6 Å². The van der Waals surface area contributed by atoms with E-state index in [0.29, 0.717) is 31.7 Å². The SMILES string of the molecule is CC1(C)CCc2ncc(-c3ccnc(Nc4ccc(C(=O)NC5CCOCC5)cc4OC(F)F)n3)cc21.